The lowest BCUT2D eigenvalue weighted by molar-refractivity contribution is -0.143. The summed E-state index contributed by atoms with van der Waals surface area (Å²) in [5.41, 5.74) is 11.6. The van der Waals surface area contributed by atoms with Crippen LogP contribution in [-0.4, -0.2) is 86.9 Å². The zero-order chi connectivity index (χ0) is 28.8. The number of nitrogens with two attached hydrogens (primary N) is 2. The van der Waals surface area contributed by atoms with Gasteiger partial charge in [-0.1, -0.05) is 12.1 Å². The molecule has 0 saturated heterocycles. The summed E-state index contributed by atoms with van der Waals surface area (Å²) in [5.74, 6) is -5.19. The van der Waals surface area contributed by atoms with Gasteiger partial charge < -0.3 is 47.8 Å². The predicted molar refractivity (Wildman–Crippen MR) is 135 cm³/mol. The minimum Gasteiger partial charge on any atom is -0.508 e. The van der Waals surface area contributed by atoms with Crippen molar-refractivity contribution >= 4 is 29.7 Å². The minimum absolute atomic E-state index is 0.0244. The van der Waals surface area contributed by atoms with Gasteiger partial charge in [0.05, 0.1) is 6.10 Å². The number of hydrogen-bond donors (Lipinski definition) is 9. The predicted octanol–water partition coefficient (Wildman–Crippen LogP) is -1.82. The van der Waals surface area contributed by atoms with Crippen LogP contribution in [0.3, 0.4) is 0 Å². The second-order valence-electron chi connectivity index (χ2n) is 8.88. The fraction of sp³-hybridized carbons (Fsp3) is 0.542. The third kappa shape index (κ3) is 11.5. The number of aliphatic carboxylic acids is 2. The van der Waals surface area contributed by atoms with E-state index in [1.54, 1.807) is 0 Å². The maximum absolute atomic E-state index is 13.0. The van der Waals surface area contributed by atoms with Gasteiger partial charge in [0.1, 0.15) is 29.9 Å². The Bertz CT molecular complexity index is 955. The van der Waals surface area contributed by atoms with Crippen LogP contribution in [0, 0.1) is 0 Å². The summed E-state index contributed by atoms with van der Waals surface area (Å²) in [5, 5.41) is 44.8. The number of benzene rings is 1. The molecule has 0 aliphatic carbocycles. The van der Waals surface area contributed by atoms with Gasteiger partial charge in [-0.3, -0.25) is 19.2 Å². The first-order valence-electron chi connectivity index (χ1n) is 12.1. The van der Waals surface area contributed by atoms with Gasteiger partial charge in [0, 0.05) is 12.8 Å². The van der Waals surface area contributed by atoms with Crippen molar-refractivity contribution in [1.29, 1.82) is 0 Å². The van der Waals surface area contributed by atoms with E-state index in [9.17, 15) is 39.3 Å². The molecular formula is C24H37N5O9. The van der Waals surface area contributed by atoms with Crippen LogP contribution >= 0.6 is 0 Å². The summed E-state index contributed by atoms with van der Waals surface area (Å²) in [6, 6.07) is 0.331. The third-order valence-corrected chi connectivity index (χ3v) is 5.67. The number of carbonyl (C=O) groups is 5. The standard InChI is InChI=1S/C24H37N5O9/c1-13(30)20(26)23(36)28-16(4-2-3-11-25)21(34)27-17(9-10-19(32)33)22(35)29-18(24(37)38)12-14-5-7-15(31)8-6-14/h5-8,13,16-18,20,30-31H,2-4,9-12,25-26H2,1H3,(H,27,34)(H,28,36)(H,29,35)(H,32,33)(H,37,38). The van der Waals surface area contributed by atoms with Gasteiger partial charge >= 0.3 is 11.9 Å². The van der Waals surface area contributed by atoms with Gasteiger partial charge in [-0.15, -0.1) is 0 Å². The number of amides is 3. The van der Waals surface area contributed by atoms with Crippen LogP contribution in [0.2, 0.25) is 0 Å². The SMILES string of the molecule is CC(O)C(N)C(=O)NC(CCCCN)C(=O)NC(CCC(=O)O)C(=O)NC(Cc1ccc(O)cc1)C(=O)O. The average Bonchev–Trinajstić information content (AvgIpc) is 2.85. The number of hydrogen-bond acceptors (Lipinski definition) is 9. The first-order chi connectivity index (χ1) is 17.8. The van der Waals surface area contributed by atoms with Gasteiger partial charge in [0.15, 0.2) is 0 Å². The maximum atomic E-state index is 13.0. The Morgan fingerprint density at radius 3 is 1.87 bits per heavy atom. The summed E-state index contributed by atoms with van der Waals surface area (Å²) < 4.78 is 0. The van der Waals surface area contributed by atoms with E-state index in [1.807, 2.05) is 0 Å². The van der Waals surface area contributed by atoms with Gasteiger partial charge in [-0.25, -0.2) is 4.79 Å². The molecular weight excluding hydrogens is 502 g/mol. The molecule has 212 valence electrons. The highest BCUT2D eigenvalue weighted by Crippen LogP contribution is 2.12. The van der Waals surface area contributed by atoms with Gasteiger partial charge in [-0.2, -0.15) is 0 Å². The normalized spacial score (nSPS) is 14.8. The number of rotatable bonds is 17. The Morgan fingerprint density at radius 2 is 1.37 bits per heavy atom. The molecule has 0 heterocycles. The Hall–Kier alpha value is -3.75. The monoisotopic (exact) mass is 539 g/mol. The molecule has 14 heteroatoms. The summed E-state index contributed by atoms with van der Waals surface area (Å²) in [4.78, 5) is 61.3. The molecule has 0 spiro atoms. The molecule has 3 amide bonds. The fourth-order valence-corrected chi connectivity index (χ4v) is 3.40. The highest BCUT2D eigenvalue weighted by molar-refractivity contribution is 5.94. The Labute approximate surface area is 219 Å². The quantitative estimate of drug-likeness (QED) is 0.0995. The molecule has 0 bridgehead atoms. The second-order valence-corrected chi connectivity index (χ2v) is 8.88. The van der Waals surface area contributed by atoms with Crippen molar-refractivity contribution < 1.29 is 44.4 Å². The number of carboxylic acids is 2. The lowest BCUT2D eigenvalue weighted by Gasteiger charge is -2.25. The van der Waals surface area contributed by atoms with E-state index in [1.165, 1.54) is 31.2 Å². The Balaban J connectivity index is 3.05. The summed E-state index contributed by atoms with van der Waals surface area (Å²) in [6.45, 7) is 1.63. The number of aliphatic hydroxyl groups excluding tert-OH is 1. The third-order valence-electron chi connectivity index (χ3n) is 5.67. The van der Waals surface area contributed by atoms with Crippen molar-refractivity contribution in [2.75, 3.05) is 6.54 Å². The number of phenols is 1. The minimum atomic E-state index is -1.43. The lowest BCUT2D eigenvalue weighted by Crippen LogP contribution is -2.58. The molecule has 38 heavy (non-hydrogen) atoms. The zero-order valence-electron chi connectivity index (χ0n) is 21.1. The average molecular weight is 540 g/mol. The van der Waals surface area contributed by atoms with E-state index in [0.717, 1.165) is 0 Å². The van der Waals surface area contributed by atoms with Crippen molar-refractivity contribution in [3.8, 4) is 5.75 Å². The zero-order valence-corrected chi connectivity index (χ0v) is 21.1. The van der Waals surface area contributed by atoms with Crippen LogP contribution in [0.15, 0.2) is 24.3 Å². The molecule has 0 aromatic heterocycles. The first-order valence-corrected chi connectivity index (χ1v) is 12.1. The molecule has 1 aromatic rings. The van der Waals surface area contributed by atoms with Crippen molar-refractivity contribution in [2.24, 2.45) is 11.5 Å². The number of unbranched alkanes of at least 4 members (excludes halogenated alkanes) is 1. The van der Waals surface area contributed by atoms with Crippen molar-refractivity contribution in [1.82, 2.24) is 16.0 Å². The van der Waals surface area contributed by atoms with Crippen LogP contribution < -0.4 is 27.4 Å². The van der Waals surface area contributed by atoms with Gasteiger partial charge in [0.25, 0.3) is 0 Å². The summed E-state index contributed by atoms with van der Waals surface area (Å²) in [6.07, 6.45) is -1.12. The highest BCUT2D eigenvalue weighted by atomic mass is 16.4. The molecule has 0 fully saturated rings. The number of carboxylic acid groups (broad SMARTS) is 2. The lowest BCUT2D eigenvalue weighted by atomic mass is 10.0. The van der Waals surface area contributed by atoms with Crippen LogP contribution in [-0.2, 0) is 30.4 Å². The second kappa shape index (κ2) is 16.2. The number of carbonyl (C=O) groups excluding carboxylic acids is 3. The van der Waals surface area contributed by atoms with Crippen molar-refractivity contribution in [3.63, 3.8) is 0 Å². The Kier molecular flexibility index (Phi) is 13.7. The van der Waals surface area contributed by atoms with E-state index < -0.39 is 66.4 Å². The topological polar surface area (TPSA) is 254 Å². The number of phenolic OH excluding ortho intramolecular Hbond substituents is 1. The number of aliphatic hydroxyl groups is 1. The van der Waals surface area contributed by atoms with Crippen molar-refractivity contribution in [3.05, 3.63) is 29.8 Å². The first kappa shape index (κ1) is 32.3. The molecule has 11 N–H and O–H groups in total. The van der Waals surface area contributed by atoms with E-state index in [2.05, 4.69) is 16.0 Å². The largest absolute Gasteiger partial charge is 0.508 e. The molecule has 0 saturated carbocycles. The van der Waals surface area contributed by atoms with E-state index >= 15 is 0 Å². The molecule has 0 aliphatic heterocycles. The summed E-state index contributed by atoms with van der Waals surface area (Å²) >= 11 is 0. The Morgan fingerprint density at radius 1 is 0.842 bits per heavy atom. The van der Waals surface area contributed by atoms with Crippen LogP contribution in [0.5, 0.6) is 5.75 Å². The number of aromatic hydroxyl groups is 1. The van der Waals surface area contributed by atoms with Crippen LogP contribution in [0.4, 0.5) is 0 Å². The van der Waals surface area contributed by atoms with Crippen LogP contribution in [0.25, 0.3) is 0 Å². The molecule has 5 atom stereocenters. The molecule has 5 unspecified atom stereocenters. The highest BCUT2D eigenvalue weighted by Gasteiger charge is 2.31. The van der Waals surface area contributed by atoms with Crippen molar-refractivity contribution in [2.45, 2.75) is 75.7 Å². The van der Waals surface area contributed by atoms with Crippen LogP contribution in [0.1, 0.15) is 44.6 Å². The molecule has 0 radical (unpaired) electrons. The van der Waals surface area contributed by atoms with Gasteiger partial charge in [0.2, 0.25) is 17.7 Å². The molecule has 0 aliphatic rings. The van der Waals surface area contributed by atoms with Gasteiger partial charge in [-0.05, 0) is 56.8 Å². The maximum Gasteiger partial charge on any atom is 0.326 e. The molecule has 1 rings (SSSR count). The van der Waals surface area contributed by atoms with E-state index in [-0.39, 0.29) is 25.0 Å². The van der Waals surface area contributed by atoms with E-state index in [4.69, 9.17) is 16.6 Å². The molecule has 1 aromatic carbocycles. The fourth-order valence-electron chi connectivity index (χ4n) is 3.40. The van der Waals surface area contributed by atoms with E-state index in [0.29, 0.717) is 24.9 Å². The molecule has 14 nitrogen and oxygen atoms in total. The summed E-state index contributed by atoms with van der Waals surface area (Å²) in [7, 11) is 0. The smallest absolute Gasteiger partial charge is 0.326 e. The number of nitrogens with one attached hydrogen (secondary N) is 3.